The molecule has 0 aliphatic heterocycles. The summed E-state index contributed by atoms with van der Waals surface area (Å²) in [6, 6.07) is 11.8. The number of ether oxygens (including phenoxy) is 1. The summed E-state index contributed by atoms with van der Waals surface area (Å²) in [5.74, 6) is -0.232. The first-order chi connectivity index (χ1) is 12.4. The fourth-order valence-electron chi connectivity index (χ4n) is 2.56. The maximum Gasteiger partial charge on any atom is 0.408 e. The van der Waals surface area contributed by atoms with Crippen LogP contribution in [0.25, 0.3) is 0 Å². The van der Waals surface area contributed by atoms with Crippen molar-refractivity contribution in [2.24, 2.45) is 0 Å². The van der Waals surface area contributed by atoms with Gasteiger partial charge in [-0.1, -0.05) is 29.8 Å². The van der Waals surface area contributed by atoms with Crippen LogP contribution >= 0.6 is 11.6 Å². The molecule has 1 amide bonds. The largest absolute Gasteiger partial charge is 0.444 e. The molecule has 2 rings (SSSR count). The molecule has 0 unspecified atom stereocenters. The van der Waals surface area contributed by atoms with E-state index in [0.29, 0.717) is 21.8 Å². The summed E-state index contributed by atoms with van der Waals surface area (Å²) in [6.45, 7) is 9.08. The van der Waals surface area contributed by atoms with Crippen LogP contribution in [-0.2, 0) is 10.3 Å². The summed E-state index contributed by atoms with van der Waals surface area (Å²) in [5, 5.41) is 3.28. The summed E-state index contributed by atoms with van der Waals surface area (Å²) in [6.07, 6.45) is -0.525. The van der Waals surface area contributed by atoms with E-state index >= 15 is 0 Å². The van der Waals surface area contributed by atoms with Crippen LogP contribution in [0, 0.1) is 0 Å². The monoisotopic (exact) mass is 388 g/mol. The van der Waals surface area contributed by atoms with Crippen molar-refractivity contribution in [3.63, 3.8) is 0 Å². The SMILES string of the molecule is CC(C)(C)OC(=O)NC(C)(C)c1cccc(C(=O)c2cc(Cl)ccc2N)c1. The first-order valence-corrected chi connectivity index (χ1v) is 8.98. The normalized spacial score (nSPS) is 11.8. The van der Waals surface area contributed by atoms with E-state index < -0.39 is 17.2 Å². The van der Waals surface area contributed by atoms with E-state index in [-0.39, 0.29) is 5.78 Å². The zero-order chi connectivity index (χ0) is 20.4. The molecule has 3 N–H and O–H groups in total. The van der Waals surface area contributed by atoms with Gasteiger partial charge >= 0.3 is 6.09 Å². The molecule has 0 radical (unpaired) electrons. The Hall–Kier alpha value is -2.53. The molecule has 2 aromatic carbocycles. The highest BCUT2D eigenvalue weighted by atomic mass is 35.5. The number of carbonyl (C=O) groups excluding carboxylic acids is 2. The lowest BCUT2D eigenvalue weighted by Crippen LogP contribution is -2.43. The summed E-state index contributed by atoms with van der Waals surface area (Å²) in [7, 11) is 0. The van der Waals surface area contributed by atoms with Gasteiger partial charge in [0.05, 0.1) is 5.54 Å². The molecule has 0 aliphatic carbocycles. The van der Waals surface area contributed by atoms with E-state index in [1.807, 2.05) is 19.9 Å². The summed E-state index contributed by atoms with van der Waals surface area (Å²) in [4.78, 5) is 25.0. The fourth-order valence-corrected chi connectivity index (χ4v) is 2.73. The minimum Gasteiger partial charge on any atom is -0.444 e. The smallest absolute Gasteiger partial charge is 0.408 e. The Morgan fingerprint density at radius 3 is 2.33 bits per heavy atom. The first kappa shape index (κ1) is 20.8. The van der Waals surface area contributed by atoms with Gasteiger partial charge in [0.15, 0.2) is 5.78 Å². The highest BCUT2D eigenvalue weighted by Crippen LogP contribution is 2.25. The second-order valence-electron chi connectivity index (χ2n) is 7.89. The standard InChI is InChI=1S/C21H25ClN2O3/c1-20(2,3)27-19(26)24-21(4,5)14-8-6-7-13(11-14)18(25)16-12-15(22)9-10-17(16)23/h6-12H,23H2,1-5H3,(H,24,26). The van der Waals surface area contributed by atoms with Crippen LogP contribution in [0.5, 0.6) is 0 Å². The van der Waals surface area contributed by atoms with E-state index in [4.69, 9.17) is 22.1 Å². The average molecular weight is 389 g/mol. The maximum atomic E-state index is 12.9. The van der Waals surface area contributed by atoms with Gasteiger partial charge in [-0.15, -0.1) is 0 Å². The van der Waals surface area contributed by atoms with Gasteiger partial charge in [0.25, 0.3) is 0 Å². The van der Waals surface area contributed by atoms with E-state index in [0.717, 1.165) is 5.56 Å². The number of rotatable bonds is 4. The number of ketones is 1. The summed E-state index contributed by atoms with van der Waals surface area (Å²) < 4.78 is 5.32. The summed E-state index contributed by atoms with van der Waals surface area (Å²) >= 11 is 5.99. The van der Waals surface area contributed by atoms with Crippen molar-refractivity contribution in [1.29, 1.82) is 0 Å². The van der Waals surface area contributed by atoms with Gasteiger partial charge in [0.1, 0.15) is 5.60 Å². The minimum atomic E-state index is -0.738. The van der Waals surface area contributed by atoms with Crippen molar-refractivity contribution in [3.05, 3.63) is 64.2 Å². The molecule has 0 aromatic heterocycles. The van der Waals surface area contributed by atoms with Gasteiger partial charge in [0, 0.05) is 21.8 Å². The molecular weight excluding hydrogens is 364 g/mol. The third-order valence-electron chi connectivity index (χ3n) is 3.92. The molecule has 144 valence electrons. The third kappa shape index (κ3) is 5.47. The zero-order valence-electron chi connectivity index (χ0n) is 16.2. The molecule has 2 aromatic rings. The van der Waals surface area contributed by atoms with Crippen LogP contribution in [0.4, 0.5) is 10.5 Å². The Kier molecular flexibility index (Phi) is 5.85. The number of alkyl carbamates (subject to hydrolysis) is 1. The predicted molar refractivity (Wildman–Crippen MR) is 108 cm³/mol. The Bertz CT molecular complexity index is 870. The van der Waals surface area contributed by atoms with Gasteiger partial charge in [-0.25, -0.2) is 4.79 Å². The highest BCUT2D eigenvalue weighted by molar-refractivity contribution is 6.31. The Labute approximate surface area is 164 Å². The number of benzene rings is 2. The molecule has 6 heteroatoms. The molecule has 0 spiro atoms. The highest BCUT2D eigenvalue weighted by Gasteiger charge is 2.27. The van der Waals surface area contributed by atoms with E-state index in [1.54, 1.807) is 57.2 Å². The van der Waals surface area contributed by atoms with Crippen LogP contribution in [0.15, 0.2) is 42.5 Å². The van der Waals surface area contributed by atoms with Gasteiger partial charge in [0.2, 0.25) is 0 Å². The first-order valence-electron chi connectivity index (χ1n) is 8.60. The van der Waals surface area contributed by atoms with Crippen molar-refractivity contribution in [2.75, 3.05) is 5.73 Å². The molecule has 27 heavy (non-hydrogen) atoms. The number of hydrogen-bond acceptors (Lipinski definition) is 4. The maximum absolute atomic E-state index is 12.9. The number of carbonyl (C=O) groups is 2. The zero-order valence-corrected chi connectivity index (χ0v) is 17.0. The van der Waals surface area contributed by atoms with Gasteiger partial charge in [-0.05, 0) is 64.4 Å². The van der Waals surface area contributed by atoms with Crippen LogP contribution < -0.4 is 11.1 Å². The summed E-state index contributed by atoms with van der Waals surface area (Å²) in [5.41, 5.74) is 6.52. The van der Waals surface area contributed by atoms with Gasteiger partial charge in [-0.3, -0.25) is 4.79 Å². The van der Waals surface area contributed by atoms with E-state index in [9.17, 15) is 9.59 Å². The number of nitrogen functional groups attached to an aromatic ring is 1. The molecule has 0 aliphatic rings. The number of hydrogen-bond donors (Lipinski definition) is 2. The van der Waals surface area contributed by atoms with E-state index in [1.165, 1.54) is 0 Å². The Morgan fingerprint density at radius 2 is 1.70 bits per heavy atom. The number of nitrogens with one attached hydrogen (secondary N) is 1. The van der Waals surface area contributed by atoms with Crippen LogP contribution in [0.2, 0.25) is 5.02 Å². The molecule has 0 heterocycles. The number of amides is 1. The number of nitrogens with two attached hydrogens (primary N) is 1. The number of halogens is 1. The van der Waals surface area contributed by atoms with Crippen molar-refractivity contribution in [1.82, 2.24) is 5.32 Å². The number of anilines is 1. The molecule has 0 atom stereocenters. The predicted octanol–water partition coefficient (Wildman–Crippen LogP) is 4.91. The van der Waals surface area contributed by atoms with Crippen molar-refractivity contribution < 1.29 is 14.3 Å². The Balaban J connectivity index is 2.29. The second-order valence-corrected chi connectivity index (χ2v) is 8.33. The third-order valence-corrected chi connectivity index (χ3v) is 4.15. The van der Waals surface area contributed by atoms with Crippen LogP contribution in [0.1, 0.15) is 56.1 Å². The van der Waals surface area contributed by atoms with Crippen molar-refractivity contribution in [2.45, 2.75) is 45.8 Å². The molecule has 0 saturated heterocycles. The van der Waals surface area contributed by atoms with Gasteiger partial charge < -0.3 is 15.8 Å². The molecule has 0 fully saturated rings. The van der Waals surface area contributed by atoms with Crippen LogP contribution in [0.3, 0.4) is 0 Å². The fraction of sp³-hybridized carbons (Fsp3) is 0.333. The average Bonchev–Trinajstić information content (AvgIpc) is 2.54. The topological polar surface area (TPSA) is 81.4 Å². The second kappa shape index (κ2) is 7.61. The minimum absolute atomic E-state index is 0.232. The van der Waals surface area contributed by atoms with Crippen molar-refractivity contribution in [3.8, 4) is 0 Å². The van der Waals surface area contributed by atoms with Gasteiger partial charge in [-0.2, -0.15) is 0 Å². The van der Waals surface area contributed by atoms with Crippen LogP contribution in [-0.4, -0.2) is 17.5 Å². The Morgan fingerprint density at radius 1 is 1.04 bits per heavy atom. The lowest BCUT2D eigenvalue weighted by Gasteiger charge is -2.29. The van der Waals surface area contributed by atoms with E-state index in [2.05, 4.69) is 5.32 Å². The lowest BCUT2D eigenvalue weighted by molar-refractivity contribution is 0.0470. The lowest BCUT2D eigenvalue weighted by atomic mass is 9.91. The molecule has 5 nitrogen and oxygen atoms in total. The quantitative estimate of drug-likeness (QED) is 0.575. The molecular formula is C21H25ClN2O3. The molecule has 0 bridgehead atoms. The van der Waals surface area contributed by atoms with Crippen molar-refractivity contribution >= 4 is 29.2 Å². The molecule has 0 saturated carbocycles.